The number of hydrogen-bond donors (Lipinski definition) is 9. The van der Waals surface area contributed by atoms with E-state index in [0.717, 1.165) is 6.07 Å². The highest BCUT2D eigenvalue weighted by molar-refractivity contribution is 5.69. The van der Waals surface area contributed by atoms with Crippen molar-refractivity contribution in [3.05, 3.63) is 47.2 Å². The molecule has 0 aliphatic carbocycles. The van der Waals surface area contributed by atoms with E-state index in [1.165, 1.54) is 37.5 Å². The highest BCUT2D eigenvalue weighted by Gasteiger charge is 2.50. The fourth-order valence-corrected chi connectivity index (χ4v) is 4.91. The number of phenolic OH excluding ortho intramolecular Hbond substituents is 3. The zero-order valence-electron chi connectivity index (χ0n) is 22.1. The minimum atomic E-state index is -1.77. The number of rotatable bonds is 7. The molecule has 15 nitrogen and oxygen atoms in total. The predicted octanol–water partition coefficient (Wildman–Crippen LogP) is -1.43. The van der Waals surface area contributed by atoms with Crippen LogP contribution in [0.3, 0.4) is 0 Å². The van der Waals surface area contributed by atoms with Crippen molar-refractivity contribution in [1.82, 2.24) is 0 Å². The first-order chi connectivity index (χ1) is 20.0. The summed E-state index contributed by atoms with van der Waals surface area (Å²) >= 11 is 0. The summed E-state index contributed by atoms with van der Waals surface area (Å²) in [6.07, 6.45) is -14.1. The Labute approximate surface area is 238 Å². The smallest absolute Gasteiger partial charge is 0.229 e. The molecule has 2 fully saturated rings. The van der Waals surface area contributed by atoms with Gasteiger partial charge in [0.15, 0.2) is 30.0 Å². The first-order valence-corrected chi connectivity index (χ1v) is 12.9. The average molecular weight is 597 g/mol. The van der Waals surface area contributed by atoms with Crippen LogP contribution in [0, 0.1) is 0 Å². The van der Waals surface area contributed by atoms with E-state index < -0.39 is 74.6 Å². The number of ether oxygens (including phenoxy) is 6. The number of phenols is 3. The average Bonchev–Trinajstić information content (AvgIpc) is 2.97. The van der Waals surface area contributed by atoms with Gasteiger partial charge < -0.3 is 74.4 Å². The summed E-state index contributed by atoms with van der Waals surface area (Å²) in [6.45, 7) is -1.14. The third-order valence-corrected chi connectivity index (χ3v) is 7.22. The molecule has 5 rings (SSSR count). The van der Waals surface area contributed by atoms with Crippen LogP contribution >= 0.6 is 0 Å². The molecular formula is C27H32O15. The van der Waals surface area contributed by atoms with Crippen molar-refractivity contribution in [3.63, 3.8) is 0 Å². The molecule has 3 aliphatic heterocycles. The van der Waals surface area contributed by atoms with Crippen molar-refractivity contribution in [1.29, 1.82) is 0 Å². The summed E-state index contributed by atoms with van der Waals surface area (Å²) in [7, 11) is 1.34. The summed E-state index contributed by atoms with van der Waals surface area (Å²) in [5, 5.41) is 92.1. The van der Waals surface area contributed by atoms with Crippen LogP contribution in [0.1, 0.15) is 17.2 Å². The largest absolute Gasteiger partial charge is 0.508 e. The summed E-state index contributed by atoms with van der Waals surface area (Å²) in [6, 6.07) is 6.63. The van der Waals surface area contributed by atoms with Crippen molar-refractivity contribution in [2.45, 2.75) is 61.4 Å². The van der Waals surface area contributed by atoms with Crippen LogP contribution in [0.2, 0.25) is 0 Å². The van der Waals surface area contributed by atoms with Crippen molar-refractivity contribution >= 4 is 6.08 Å². The number of methoxy groups -OCH3 is 1. The topological polar surface area (TPSA) is 237 Å². The van der Waals surface area contributed by atoms with Crippen LogP contribution in [-0.4, -0.2) is 122 Å². The number of benzene rings is 2. The zero-order valence-corrected chi connectivity index (χ0v) is 22.1. The Morgan fingerprint density at radius 1 is 0.881 bits per heavy atom. The quantitative estimate of drug-likeness (QED) is 0.178. The summed E-state index contributed by atoms with van der Waals surface area (Å²) in [5.41, 5.74) is 0.487. The van der Waals surface area contributed by atoms with E-state index in [1.807, 2.05) is 0 Å². The van der Waals surface area contributed by atoms with Gasteiger partial charge in [-0.3, -0.25) is 0 Å². The molecule has 2 aromatic rings. The molecule has 0 radical (unpaired) electrons. The van der Waals surface area contributed by atoms with Gasteiger partial charge in [-0.1, -0.05) is 6.07 Å². The molecular weight excluding hydrogens is 564 g/mol. The van der Waals surface area contributed by atoms with Crippen molar-refractivity contribution in [3.8, 4) is 28.7 Å². The molecule has 9 N–H and O–H groups in total. The second-order valence-electron chi connectivity index (χ2n) is 10.0. The van der Waals surface area contributed by atoms with E-state index in [-0.39, 0.29) is 40.1 Å². The van der Waals surface area contributed by atoms with Crippen LogP contribution in [0.15, 0.2) is 36.1 Å². The molecule has 0 bridgehead atoms. The highest BCUT2D eigenvalue weighted by atomic mass is 16.8. The van der Waals surface area contributed by atoms with Crippen molar-refractivity contribution < 1.29 is 74.4 Å². The maximum absolute atomic E-state index is 10.9. The van der Waals surface area contributed by atoms with E-state index in [1.54, 1.807) is 0 Å². The third kappa shape index (κ3) is 5.66. The number of aliphatic hydroxyl groups excluding tert-OH is 6. The van der Waals surface area contributed by atoms with E-state index >= 15 is 0 Å². The second-order valence-corrected chi connectivity index (χ2v) is 10.0. The van der Waals surface area contributed by atoms with Gasteiger partial charge >= 0.3 is 0 Å². The first-order valence-electron chi connectivity index (χ1n) is 12.9. The van der Waals surface area contributed by atoms with Gasteiger partial charge in [-0.15, -0.1) is 0 Å². The fraction of sp³-hybridized carbons (Fsp3) is 0.481. The maximum Gasteiger partial charge on any atom is 0.229 e. The van der Waals surface area contributed by atoms with Crippen LogP contribution in [0.4, 0.5) is 0 Å². The van der Waals surface area contributed by atoms with Crippen LogP contribution in [-0.2, 0) is 18.9 Å². The Kier molecular flexibility index (Phi) is 8.66. The van der Waals surface area contributed by atoms with E-state index in [0.29, 0.717) is 5.56 Å². The monoisotopic (exact) mass is 596 g/mol. The Hall–Kier alpha value is -3.38. The molecule has 230 valence electrons. The standard InChI is InChI=1S/C27H32O15/c1-37-17-4-10(2-3-13(17)30)24-18(7-12-14(31)5-11(29)6-16(12)39-24)40-27-25(22(35)21(34)19(8-28)41-27)42-26-23(36)20(33)15(32)9-38-26/h2-7,15,19-36H,8-9H2,1H3/t15-,19?,20?,21-,22?,23-,24?,25?,26+,27-/m1/s1. The summed E-state index contributed by atoms with van der Waals surface area (Å²) in [5.74, 6) is -0.681. The minimum absolute atomic E-state index is 0.0457. The number of aromatic hydroxyl groups is 3. The van der Waals surface area contributed by atoms with Gasteiger partial charge in [0.2, 0.25) is 6.29 Å². The normalized spacial score (nSPS) is 34.6. The van der Waals surface area contributed by atoms with Crippen molar-refractivity contribution in [2.24, 2.45) is 0 Å². The van der Waals surface area contributed by atoms with Gasteiger partial charge in [0, 0.05) is 17.7 Å². The molecule has 0 spiro atoms. The fourth-order valence-electron chi connectivity index (χ4n) is 4.91. The molecule has 15 heteroatoms. The molecule has 5 unspecified atom stereocenters. The summed E-state index contributed by atoms with van der Waals surface area (Å²) in [4.78, 5) is 0. The molecule has 42 heavy (non-hydrogen) atoms. The molecule has 2 saturated heterocycles. The second kappa shape index (κ2) is 12.1. The molecule has 3 heterocycles. The van der Waals surface area contributed by atoms with Gasteiger partial charge in [0.1, 0.15) is 59.6 Å². The van der Waals surface area contributed by atoms with E-state index in [2.05, 4.69) is 0 Å². The number of aliphatic hydroxyl groups is 6. The lowest BCUT2D eigenvalue weighted by Crippen LogP contribution is -2.63. The molecule has 3 aliphatic rings. The van der Waals surface area contributed by atoms with Gasteiger partial charge in [0.25, 0.3) is 0 Å². The predicted molar refractivity (Wildman–Crippen MR) is 137 cm³/mol. The zero-order chi connectivity index (χ0) is 30.3. The number of hydrogen-bond acceptors (Lipinski definition) is 15. The lowest BCUT2D eigenvalue weighted by atomic mass is 9.98. The molecule has 0 aromatic heterocycles. The highest BCUT2D eigenvalue weighted by Crippen LogP contribution is 2.45. The lowest BCUT2D eigenvalue weighted by Gasteiger charge is -2.45. The Morgan fingerprint density at radius 3 is 2.36 bits per heavy atom. The molecule has 2 aromatic carbocycles. The Bertz CT molecular complexity index is 1300. The van der Waals surface area contributed by atoms with Gasteiger partial charge in [0.05, 0.1) is 25.9 Å². The van der Waals surface area contributed by atoms with Gasteiger partial charge in [-0.2, -0.15) is 0 Å². The maximum atomic E-state index is 10.9. The Morgan fingerprint density at radius 2 is 1.64 bits per heavy atom. The Balaban J connectivity index is 1.52. The lowest BCUT2D eigenvalue weighted by molar-refractivity contribution is -0.352. The number of fused-ring (bicyclic) bond motifs is 1. The van der Waals surface area contributed by atoms with Gasteiger partial charge in [-0.05, 0) is 18.2 Å². The third-order valence-electron chi connectivity index (χ3n) is 7.22. The minimum Gasteiger partial charge on any atom is -0.508 e. The van der Waals surface area contributed by atoms with Crippen molar-refractivity contribution in [2.75, 3.05) is 20.3 Å². The summed E-state index contributed by atoms with van der Waals surface area (Å²) < 4.78 is 34.1. The van der Waals surface area contributed by atoms with E-state index in [4.69, 9.17) is 28.4 Å². The van der Waals surface area contributed by atoms with Crippen LogP contribution in [0.5, 0.6) is 28.7 Å². The molecule has 0 saturated carbocycles. The van der Waals surface area contributed by atoms with Gasteiger partial charge in [-0.25, -0.2) is 0 Å². The van der Waals surface area contributed by atoms with Crippen LogP contribution < -0.4 is 9.47 Å². The van der Waals surface area contributed by atoms with Crippen LogP contribution in [0.25, 0.3) is 6.08 Å². The first kappa shape index (κ1) is 30.1. The SMILES string of the molecule is COc1cc(C2Oc3cc(O)cc(O)c3C=C2O[C@@H]2OC(CO)[C@@H](O)C(O)C2O[C@@H]2OC[C@@H](O)C(O)[C@H]2O)ccc1O. The molecule has 0 amide bonds. The molecule has 10 atom stereocenters. The van der Waals surface area contributed by atoms with E-state index in [9.17, 15) is 46.0 Å².